The Morgan fingerprint density at radius 1 is 0.941 bits per heavy atom. The van der Waals surface area contributed by atoms with Gasteiger partial charge in [-0.05, 0) is 54.3 Å². The number of carbonyl (C=O) groups is 1. The lowest BCUT2D eigenvalue weighted by atomic mass is 9.63. The third kappa shape index (κ3) is 2.02. The zero-order chi connectivity index (χ0) is 23.9. The fourth-order valence-electron chi connectivity index (χ4n) is 8.70. The second kappa shape index (κ2) is 5.88. The lowest BCUT2D eigenvalue weighted by Crippen LogP contribution is -2.56. The molecular formula is C28H35N3O3. The average molecular weight is 462 g/mol. The molecule has 180 valence electrons. The lowest BCUT2D eigenvalue weighted by Gasteiger charge is -2.43. The van der Waals surface area contributed by atoms with E-state index in [4.69, 9.17) is 19.4 Å². The first-order valence-electron chi connectivity index (χ1n) is 12.9. The van der Waals surface area contributed by atoms with Gasteiger partial charge in [0.15, 0.2) is 11.5 Å². The zero-order valence-electron chi connectivity index (χ0n) is 21.2. The minimum absolute atomic E-state index is 0.143. The Hall–Kier alpha value is -2.37. The van der Waals surface area contributed by atoms with Crippen LogP contribution in [0.25, 0.3) is 11.0 Å². The molecule has 5 unspecified atom stereocenters. The number of ether oxygens (including phenoxy) is 2. The second-order valence-corrected chi connectivity index (χ2v) is 13.1. The average Bonchev–Trinajstić information content (AvgIpc) is 3.46. The molecule has 3 saturated carbocycles. The molecule has 5 aliphatic rings. The Morgan fingerprint density at radius 3 is 2.18 bits per heavy atom. The Bertz CT molecular complexity index is 1290. The van der Waals surface area contributed by atoms with E-state index in [1.165, 1.54) is 12.8 Å². The van der Waals surface area contributed by atoms with Gasteiger partial charge in [0, 0.05) is 23.6 Å². The first-order chi connectivity index (χ1) is 16.0. The van der Waals surface area contributed by atoms with Crippen molar-refractivity contribution in [2.45, 2.75) is 90.5 Å². The van der Waals surface area contributed by atoms with Crippen LogP contribution < -0.4 is 14.8 Å². The van der Waals surface area contributed by atoms with Gasteiger partial charge in [-0.1, -0.05) is 41.5 Å². The minimum atomic E-state index is -0.670. The molecule has 34 heavy (non-hydrogen) atoms. The number of nitrogens with one attached hydrogen (secondary N) is 1. The largest absolute Gasteiger partial charge is 0.454 e. The third-order valence-electron chi connectivity index (χ3n) is 12.0. The van der Waals surface area contributed by atoms with Crippen LogP contribution in [-0.4, -0.2) is 28.7 Å². The van der Waals surface area contributed by atoms with Crippen LogP contribution in [0.15, 0.2) is 12.1 Å². The number of hydrogen-bond donors (Lipinski definition) is 1. The van der Waals surface area contributed by atoms with Gasteiger partial charge in [0.05, 0.1) is 27.8 Å². The van der Waals surface area contributed by atoms with Crippen molar-refractivity contribution in [3.63, 3.8) is 0 Å². The van der Waals surface area contributed by atoms with Crippen molar-refractivity contribution in [2.24, 2.45) is 22.2 Å². The molecule has 5 atom stereocenters. The summed E-state index contributed by atoms with van der Waals surface area (Å²) in [7, 11) is 0. The van der Waals surface area contributed by atoms with Crippen LogP contribution in [0.1, 0.15) is 85.0 Å². The van der Waals surface area contributed by atoms with Crippen molar-refractivity contribution in [2.75, 3.05) is 6.79 Å². The van der Waals surface area contributed by atoms with E-state index < -0.39 is 5.41 Å². The molecule has 1 aromatic carbocycles. The van der Waals surface area contributed by atoms with Crippen LogP contribution in [0.5, 0.6) is 11.5 Å². The maximum atomic E-state index is 14.4. The first kappa shape index (κ1) is 21.0. The summed E-state index contributed by atoms with van der Waals surface area (Å²) >= 11 is 0. The molecule has 1 aromatic heterocycles. The highest BCUT2D eigenvalue weighted by Gasteiger charge is 2.74. The highest BCUT2D eigenvalue weighted by atomic mass is 16.7. The summed E-state index contributed by atoms with van der Waals surface area (Å²) in [6.45, 7) is 14.2. The van der Waals surface area contributed by atoms with E-state index in [0.29, 0.717) is 17.4 Å². The molecule has 1 N–H and O–H groups in total. The fourth-order valence-corrected chi connectivity index (χ4v) is 8.70. The van der Waals surface area contributed by atoms with Crippen LogP contribution in [-0.2, 0) is 15.6 Å². The molecular weight excluding hydrogens is 426 g/mol. The van der Waals surface area contributed by atoms with Crippen molar-refractivity contribution >= 4 is 16.9 Å². The number of fused-ring (bicyclic) bond motifs is 9. The van der Waals surface area contributed by atoms with Crippen molar-refractivity contribution in [1.82, 2.24) is 15.3 Å². The van der Waals surface area contributed by atoms with Crippen LogP contribution in [0, 0.1) is 22.2 Å². The molecule has 3 fully saturated rings. The highest BCUT2D eigenvalue weighted by molar-refractivity contribution is 5.93. The van der Waals surface area contributed by atoms with Crippen molar-refractivity contribution in [3.05, 3.63) is 23.5 Å². The molecule has 0 saturated heterocycles. The van der Waals surface area contributed by atoms with Crippen molar-refractivity contribution in [1.29, 1.82) is 0 Å². The maximum Gasteiger partial charge on any atom is 0.233 e. The van der Waals surface area contributed by atoms with Gasteiger partial charge in [0.1, 0.15) is 0 Å². The minimum Gasteiger partial charge on any atom is -0.454 e. The van der Waals surface area contributed by atoms with Gasteiger partial charge in [0.25, 0.3) is 0 Å². The molecule has 0 radical (unpaired) electrons. The predicted molar refractivity (Wildman–Crippen MR) is 129 cm³/mol. The van der Waals surface area contributed by atoms with Gasteiger partial charge in [-0.3, -0.25) is 4.79 Å². The van der Waals surface area contributed by atoms with Gasteiger partial charge >= 0.3 is 0 Å². The summed E-state index contributed by atoms with van der Waals surface area (Å²) in [6, 6.07) is 4.06. The Balaban J connectivity index is 1.35. The molecule has 7 rings (SSSR count). The quantitative estimate of drug-likeness (QED) is 0.680. The number of aromatic nitrogens is 2. The molecule has 1 amide bonds. The van der Waals surface area contributed by atoms with Crippen LogP contribution in [0.2, 0.25) is 0 Å². The Labute approximate surface area is 201 Å². The molecule has 6 heteroatoms. The number of hydrogen-bond acceptors (Lipinski definition) is 5. The maximum absolute atomic E-state index is 14.4. The smallest absolute Gasteiger partial charge is 0.233 e. The molecule has 4 bridgehead atoms. The normalized spacial score (nSPS) is 39.6. The van der Waals surface area contributed by atoms with Gasteiger partial charge in [-0.25, -0.2) is 9.97 Å². The lowest BCUT2D eigenvalue weighted by molar-refractivity contribution is -0.132. The molecule has 2 aromatic rings. The number of rotatable bonds is 2. The van der Waals surface area contributed by atoms with E-state index in [0.717, 1.165) is 41.7 Å². The third-order valence-corrected chi connectivity index (χ3v) is 12.0. The van der Waals surface area contributed by atoms with Crippen LogP contribution in [0.3, 0.4) is 0 Å². The monoisotopic (exact) mass is 461 g/mol. The number of amides is 1. The molecule has 4 aliphatic carbocycles. The van der Waals surface area contributed by atoms with E-state index in [-0.39, 0.29) is 40.4 Å². The number of benzene rings is 1. The Kier molecular flexibility index (Phi) is 3.62. The molecule has 0 spiro atoms. The van der Waals surface area contributed by atoms with E-state index >= 15 is 0 Å². The van der Waals surface area contributed by atoms with Crippen molar-refractivity contribution < 1.29 is 14.3 Å². The highest BCUT2D eigenvalue weighted by Crippen LogP contribution is 2.71. The predicted octanol–water partition coefficient (Wildman–Crippen LogP) is 5.02. The molecule has 6 nitrogen and oxygen atoms in total. The summed E-state index contributed by atoms with van der Waals surface area (Å²) < 4.78 is 11.2. The summed E-state index contributed by atoms with van der Waals surface area (Å²) in [5.41, 5.74) is 2.70. The van der Waals surface area contributed by atoms with Gasteiger partial charge in [-0.2, -0.15) is 0 Å². The second-order valence-electron chi connectivity index (χ2n) is 13.1. The van der Waals surface area contributed by atoms with E-state index in [9.17, 15) is 4.79 Å². The summed E-state index contributed by atoms with van der Waals surface area (Å²) in [5.74, 6) is 2.26. The fraction of sp³-hybridized carbons (Fsp3) is 0.679. The summed E-state index contributed by atoms with van der Waals surface area (Å²) in [5, 5.41) is 3.62. The first-order valence-corrected chi connectivity index (χ1v) is 12.9. The SMILES string of the molecule is CC12CCC(C(=O)NC3CC4CCC3(C)C4(C)C)(c3nc4cc5c(cc4nc31)OCO5)C2(C)C. The Morgan fingerprint density at radius 2 is 1.59 bits per heavy atom. The van der Waals surface area contributed by atoms with Gasteiger partial charge in [0.2, 0.25) is 12.7 Å². The number of nitrogens with zero attached hydrogens (tertiary/aromatic N) is 2. The summed E-state index contributed by atoms with van der Waals surface area (Å²) in [4.78, 5) is 24.7. The standard InChI is InChI=1S/C28H35N3O3/c1-24(2)15-7-8-26(24,5)20(11-15)31-23(32)28-10-9-27(6,25(28,3)4)21-22(28)30-17-13-19-18(33-14-34-19)12-16(17)29-21/h12-13,15,20H,7-11,14H2,1-6H3,(H,31,32). The molecule has 1 aliphatic heterocycles. The van der Waals surface area contributed by atoms with Gasteiger partial charge < -0.3 is 14.8 Å². The van der Waals surface area contributed by atoms with Gasteiger partial charge in [-0.15, -0.1) is 0 Å². The topological polar surface area (TPSA) is 73.3 Å². The molecule has 2 heterocycles. The number of carbonyl (C=O) groups excluding carboxylic acids is 1. The van der Waals surface area contributed by atoms with Crippen LogP contribution >= 0.6 is 0 Å². The summed E-state index contributed by atoms with van der Waals surface area (Å²) in [6.07, 6.45) is 5.32. The van der Waals surface area contributed by atoms with E-state index in [1.807, 2.05) is 12.1 Å². The van der Waals surface area contributed by atoms with E-state index in [2.05, 4.69) is 46.9 Å². The van der Waals surface area contributed by atoms with Crippen molar-refractivity contribution in [3.8, 4) is 11.5 Å². The van der Waals surface area contributed by atoms with E-state index in [1.54, 1.807) is 0 Å². The zero-order valence-corrected chi connectivity index (χ0v) is 21.2. The van der Waals surface area contributed by atoms with Crippen LogP contribution in [0.4, 0.5) is 0 Å².